The van der Waals surface area contributed by atoms with Gasteiger partial charge in [0.2, 0.25) is 5.91 Å². The molecule has 0 bridgehead atoms. The molecule has 3 aromatic rings. The number of anilines is 1. The molecule has 0 radical (unpaired) electrons. The fourth-order valence-electron chi connectivity index (χ4n) is 4.05. The molecule has 0 spiro atoms. The van der Waals surface area contributed by atoms with Gasteiger partial charge in [-0.3, -0.25) is 4.79 Å². The van der Waals surface area contributed by atoms with E-state index in [0.29, 0.717) is 12.4 Å². The highest BCUT2D eigenvalue weighted by molar-refractivity contribution is 7.91. The molecular formula is C24H25NO4S. The van der Waals surface area contributed by atoms with Gasteiger partial charge >= 0.3 is 0 Å². The first-order chi connectivity index (χ1) is 14.4. The maximum Gasteiger partial charge on any atom is 0.221 e. The van der Waals surface area contributed by atoms with Gasteiger partial charge in [-0.25, -0.2) is 8.42 Å². The summed E-state index contributed by atoms with van der Waals surface area (Å²) in [6.45, 7) is 2.00. The Bertz CT molecular complexity index is 1190. The number of fused-ring (bicyclic) bond motifs is 1. The van der Waals surface area contributed by atoms with Gasteiger partial charge < -0.3 is 10.1 Å². The Morgan fingerprint density at radius 2 is 1.87 bits per heavy atom. The normalized spacial score (nSPS) is 17.7. The van der Waals surface area contributed by atoms with Crippen LogP contribution in [0, 0.1) is 5.92 Å². The lowest BCUT2D eigenvalue weighted by Crippen LogP contribution is -2.09. The molecule has 0 aliphatic carbocycles. The zero-order valence-corrected chi connectivity index (χ0v) is 17.7. The number of carbonyl (C=O) groups is 1. The Morgan fingerprint density at radius 3 is 2.60 bits per heavy atom. The standard InChI is InChI=1S/C24H25NO4S/c1-17(26)25-20-6-4-5-19(15-20)21-9-10-24(23-8-3-2-7-22(21)23)29-13-11-18-12-14-30(27,28)16-18/h2-10,15,18H,11-14,16H2,1H3,(H,25,26). The lowest BCUT2D eigenvalue weighted by atomic mass is 9.97. The van der Waals surface area contributed by atoms with E-state index in [-0.39, 0.29) is 17.6 Å². The average Bonchev–Trinajstić information content (AvgIpc) is 3.06. The van der Waals surface area contributed by atoms with Crippen molar-refractivity contribution in [2.75, 3.05) is 23.4 Å². The number of rotatable bonds is 6. The minimum atomic E-state index is -2.85. The molecule has 6 heteroatoms. The van der Waals surface area contributed by atoms with Crippen molar-refractivity contribution in [2.24, 2.45) is 5.92 Å². The van der Waals surface area contributed by atoms with Gasteiger partial charge in [0.25, 0.3) is 0 Å². The number of carbonyl (C=O) groups excluding carboxylic acids is 1. The van der Waals surface area contributed by atoms with E-state index in [4.69, 9.17) is 4.74 Å². The SMILES string of the molecule is CC(=O)Nc1cccc(-c2ccc(OCCC3CCS(=O)(=O)C3)c3ccccc23)c1. The molecule has 1 saturated heterocycles. The highest BCUT2D eigenvalue weighted by Gasteiger charge is 2.27. The number of hydrogen-bond acceptors (Lipinski definition) is 4. The average molecular weight is 424 g/mol. The van der Waals surface area contributed by atoms with E-state index >= 15 is 0 Å². The monoisotopic (exact) mass is 423 g/mol. The zero-order valence-electron chi connectivity index (χ0n) is 16.9. The second-order valence-corrected chi connectivity index (χ2v) is 10.1. The summed E-state index contributed by atoms with van der Waals surface area (Å²) in [5.41, 5.74) is 2.84. The summed E-state index contributed by atoms with van der Waals surface area (Å²) in [4.78, 5) is 11.4. The van der Waals surface area contributed by atoms with Crippen molar-refractivity contribution in [3.8, 4) is 16.9 Å². The summed E-state index contributed by atoms with van der Waals surface area (Å²) in [5, 5.41) is 4.91. The molecular weight excluding hydrogens is 398 g/mol. The van der Waals surface area contributed by atoms with Gasteiger partial charge in [0.05, 0.1) is 18.1 Å². The summed E-state index contributed by atoms with van der Waals surface area (Å²) >= 11 is 0. The molecule has 5 nitrogen and oxygen atoms in total. The molecule has 1 N–H and O–H groups in total. The number of benzene rings is 3. The van der Waals surface area contributed by atoms with Crippen molar-refractivity contribution in [1.29, 1.82) is 0 Å². The van der Waals surface area contributed by atoms with Gasteiger partial charge in [-0.05, 0) is 53.5 Å². The Hall–Kier alpha value is -2.86. The summed E-state index contributed by atoms with van der Waals surface area (Å²) in [5.74, 6) is 1.47. The number of nitrogens with one attached hydrogen (secondary N) is 1. The molecule has 4 rings (SSSR count). The smallest absolute Gasteiger partial charge is 0.221 e. The van der Waals surface area contributed by atoms with Gasteiger partial charge in [0, 0.05) is 18.0 Å². The number of hydrogen-bond donors (Lipinski definition) is 1. The third kappa shape index (κ3) is 4.65. The molecule has 156 valence electrons. The van der Waals surface area contributed by atoms with Crippen LogP contribution in [0.3, 0.4) is 0 Å². The van der Waals surface area contributed by atoms with Crippen LogP contribution in [0.1, 0.15) is 19.8 Å². The van der Waals surface area contributed by atoms with Crippen LogP contribution in [0.25, 0.3) is 21.9 Å². The van der Waals surface area contributed by atoms with Crippen molar-refractivity contribution in [3.63, 3.8) is 0 Å². The van der Waals surface area contributed by atoms with Crippen molar-refractivity contribution in [2.45, 2.75) is 19.8 Å². The molecule has 1 unspecified atom stereocenters. The van der Waals surface area contributed by atoms with E-state index in [2.05, 4.69) is 11.4 Å². The third-order valence-electron chi connectivity index (χ3n) is 5.49. The van der Waals surface area contributed by atoms with Crippen LogP contribution in [0.15, 0.2) is 60.7 Å². The molecule has 1 atom stereocenters. The van der Waals surface area contributed by atoms with E-state index in [1.54, 1.807) is 0 Å². The zero-order chi connectivity index (χ0) is 21.1. The first-order valence-electron chi connectivity index (χ1n) is 10.1. The van der Waals surface area contributed by atoms with Crippen LogP contribution in [0.2, 0.25) is 0 Å². The van der Waals surface area contributed by atoms with Crippen LogP contribution < -0.4 is 10.1 Å². The van der Waals surface area contributed by atoms with Gasteiger partial charge in [-0.15, -0.1) is 0 Å². The number of sulfone groups is 1. The molecule has 1 amide bonds. The highest BCUT2D eigenvalue weighted by Crippen LogP contribution is 2.35. The summed E-state index contributed by atoms with van der Waals surface area (Å²) in [6, 6.07) is 19.9. The van der Waals surface area contributed by atoms with Crippen LogP contribution in [0.4, 0.5) is 5.69 Å². The predicted octanol–water partition coefficient (Wildman–Crippen LogP) is 4.67. The molecule has 30 heavy (non-hydrogen) atoms. The van der Waals surface area contributed by atoms with Crippen LogP contribution >= 0.6 is 0 Å². The molecule has 0 saturated carbocycles. The fraction of sp³-hybridized carbons (Fsp3) is 0.292. The number of amides is 1. The minimum absolute atomic E-state index is 0.101. The van der Waals surface area contributed by atoms with Crippen molar-refractivity contribution < 1.29 is 17.9 Å². The van der Waals surface area contributed by atoms with Crippen molar-refractivity contribution >= 4 is 32.2 Å². The van der Waals surface area contributed by atoms with E-state index in [1.807, 2.05) is 54.6 Å². The van der Waals surface area contributed by atoms with Gasteiger partial charge in [-0.2, -0.15) is 0 Å². The quantitative estimate of drug-likeness (QED) is 0.625. The molecule has 0 aromatic heterocycles. The lowest BCUT2D eigenvalue weighted by molar-refractivity contribution is -0.114. The predicted molar refractivity (Wildman–Crippen MR) is 121 cm³/mol. The van der Waals surface area contributed by atoms with Gasteiger partial charge in [0.1, 0.15) is 5.75 Å². The van der Waals surface area contributed by atoms with Crippen molar-refractivity contribution in [1.82, 2.24) is 0 Å². The summed E-state index contributed by atoms with van der Waals surface area (Å²) in [6.07, 6.45) is 1.48. The largest absolute Gasteiger partial charge is 0.493 e. The Morgan fingerprint density at radius 1 is 1.07 bits per heavy atom. The Balaban J connectivity index is 1.57. The lowest BCUT2D eigenvalue weighted by Gasteiger charge is -2.15. The van der Waals surface area contributed by atoms with E-state index in [0.717, 1.165) is 46.2 Å². The molecule has 1 fully saturated rings. The first-order valence-corrected chi connectivity index (χ1v) is 12.0. The van der Waals surface area contributed by atoms with Crippen LogP contribution in [-0.2, 0) is 14.6 Å². The third-order valence-corrected chi connectivity index (χ3v) is 7.33. The van der Waals surface area contributed by atoms with Crippen LogP contribution in [-0.4, -0.2) is 32.4 Å². The fourth-order valence-corrected chi connectivity index (χ4v) is 5.96. The van der Waals surface area contributed by atoms with E-state index in [1.165, 1.54) is 6.92 Å². The summed E-state index contributed by atoms with van der Waals surface area (Å²) in [7, 11) is -2.85. The van der Waals surface area contributed by atoms with E-state index in [9.17, 15) is 13.2 Å². The summed E-state index contributed by atoms with van der Waals surface area (Å²) < 4.78 is 29.3. The van der Waals surface area contributed by atoms with Gasteiger partial charge in [0.15, 0.2) is 9.84 Å². The highest BCUT2D eigenvalue weighted by atomic mass is 32.2. The second-order valence-electron chi connectivity index (χ2n) is 7.83. The molecule has 1 aliphatic heterocycles. The van der Waals surface area contributed by atoms with Gasteiger partial charge in [-0.1, -0.05) is 42.5 Å². The Labute approximate surface area is 177 Å². The van der Waals surface area contributed by atoms with Crippen molar-refractivity contribution in [3.05, 3.63) is 60.7 Å². The maximum absolute atomic E-state index is 11.6. The second kappa shape index (κ2) is 8.48. The molecule has 3 aromatic carbocycles. The Kier molecular flexibility index (Phi) is 5.77. The number of ether oxygens (including phenoxy) is 1. The molecule has 1 aliphatic rings. The molecule has 1 heterocycles. The first kappa shape index (κ1) is 20.4. The minimum Gasteiger partial charge on any atom is -0.493 e. The topological polar surface area (TPSA) is 72.5 Å². The van der Waals surface area contributed by atoms with E-state index < -0.39 is 9.84 Å². The maximum atomic E-state index is 11.6. The van der Waals surface area contributed by atoms with Crippen LogP contribution in [0.5, 0.6) is 5.75 Å².